The Balaban J connectivity index is 1.87. The second-order valence-electron chi connectivity index (χ2n) is 3.72. The van der Waals surface area contributed by atoms with Crippen molar-refractivity contribution in [3.8, 4) is 5.75 Å². The SMILES string of the molecule is Cc1ccccc1OCCc1ccncc1. The molecule has 0 aliphatic rings. The molecule has 0 N–H and O–H groups in total. The minimum atomic E-state index is 0.703. The van der Waals surface area contributed by atoms with Crippen molar-refractivity contribution in [2.75, 3.05) is 6.61 Å². The largest absolute Gasteiger partial charge is 0.493 e. The summed E-state index contributed by atoms with van der Waals surface area (Å²) in [6.45, 7) is 2.76. The number of rotatable bonds is 4. The zero-order valence-corrected chi connectivity index (χ0v) is 9.39. The van der Waals surface area contributed by atoms with Crippen LogP contribution in [0.15, 0.2) is 48.8 Å². The Bertz CT molecular complexity index is 439. The Morgan fingerprint density at radius 1 is 1.06 bits per heavy atom. The highest BCUT2D eigenvalue weighted by molar-refractivity contribution is 5.31. The van der Waals surface area contributed by atoms with Crippen molar-refractivity contribution >= 4 is 0 Å². The number of para-hydroxylation sites is 1. The Morgan fingerprint density at radius 2 is 1.81 bits per heavy atom. The number of hydrogen-bond donors (Lipinski definition) is 0. The van der Waals surface area contributed by atoms with Crippen molar-refractivity contribution < 1.29 is 4.74 Å². The zero-order valence-electron chi connectivity index (χ0n) is 9.39. The molecule has 2 rings (SSSR count). The van der Waals surface area contributed by atoms with Crippen LogP contribution < -0.4 is 4.74 Å². The van der Waals surface area contributed by atoms with Gasteiger partial charge >= 0.3 is 0 Å². The van der Waals surface area contributed by atoms with Gasteiger partial charge in [0.15, 0.2) is 0 Å². The van der Waals surface area contributed by atoms with Crippen LogP contribution in [0.1, 0.15) is 11.1 Å². The first kappa shape index (κ1) is 10.7. The maximum absolute atomic E-state index is 5.72. The molecule has 1 heterocycles. The average molecular weight is 213 g/mol. The molecular weight excluding hydrogens is 198 g/mol. The number of aromatic nitrogens is 1. The summed E-state index contributed by atoms with van der Waals surface area (Å²) in [7, 11) is 0. The maximum Gasteiger partial charge on any atom is 0.122 e. The number of hydrogen-bond acceptors (Lipinski definition) is 2. The van der Waals surface area contributed by atoms with Crippen LogP contribution in [0.5, 0.6) is 5.75 Å². The smallest absolute Gasteiger partial charge is 0.122 e. The molecule has 0 saturated carbocycles. The fourth-order valence-corrected chi connectivity index (χ4v) is 1.55. The lowest BCUT2D eigenvalue weighted by atomic mass is 10.2. The molecule has 2 aromatic rings. The van der Waals surface area contributed by atoms with E-state index in [-0.39, 0.29) is 0 Å². The maximum atomic E-state index is 5.72. The fourth-order valence-electron chi connectivity index (χ4n) is 1.55. The number of nitrogens with zero attached hydrogens (tertiary/aromatic N) is 1. The van der Waals surface area contributed by atoms with E-state index in [0.29, 0.717) is 6.61 Å². The van der Waals surface area contributed by atoms with Crippen molar-refractivity contribution in [1.29, 1.82) is 0 Å². The van der Waals surface area contributed by atoms with Crippen molar-refractivity contribution in [2.45, 2.75) is 13.3 Å². The summed E-state index contributed by atoms with van der Waals surface area (Å²) in [5.41, 5.74) is 2.43. The van der Waals surface area contributed by atoms with Gasteiger partial charge in [0.1, 0.15) is 5.75 Å². The minimum Gasteiger partial charge on any atom is -0.493 e. The molecule has 0 saturated heterocycles. The summed E-state index contributed by atoms with van der Waals surface area (Å²) in [5, 5.41) is 0. The van der Waals surface area contributed by atoms with Gasteiger partial charge in [-0.3, -0.25) is 4.98 Å². The molecule has 82 valence electrons. The van der Waals surface area contributed by atoms with E-state index in [1.807, 2.05) is 42.7 Å². The predicted octanol–water partition coefficient (Wildman–Crippen LogP) is 3.01. The Kier molecular flexibility index (Phi) is 3.54. The van der Waals surface area contributed by atoms with E-state index >= 15 is 0 Å². The molecule has 16 heavy (non-hydrogen) atoms. The first-order chi connectivity index (χ1) is 7.86. The van der Waals surface area contributed by atoms with Crippen molar-refractivity contribution in [1.82, 2.24) is 4.98 Å². The van der Waals surface area contributed by atoms with Crippen LogP contribution in [0, 0.1) is 6.92 Å². The van der Waals surface area contributed by atoms with Gasteiger partial charge in [0.2, 0.25) is 0 Å². The van der Waals surface area contributed by atoms with Gasteiger partial charge in [-0.05, 0) is 36.2 Å². The fraction of sp³-hybridized carbons (Fsp3) is 0.214. The quantitative estimate of drug-likeness (QED) is 0.778. The van der Waals surface area contributed by atoms with Crippen LogP contribution in [0.25, 0.3) is 0 Å². The van der Waals surface area contributed by atoms with E-state index in [4.69, 9.17) is 4.74 Å². The number of ether oxygens (including phenoxy) is 1. The van der Waals surface area contributed by atoms with E-state index in [9.17, 15) is 0 Å². The zero-order chi connectivity index (χ0) is 11.2. The van der Waals surface area contributed by atoms with Gasteiger partial charge in [-0.15, -0.1) is 0 Å². The van der Waals surface area contributed by atoms with Crippen LogP contribution in [0.4, 0.5) is 0 Å². The molecule has 0 amide bonds. The van der Waals surface area contributed by atoms with E-state index < -0.39 is 0 Å². The highest BCUT2D eigenvalue weighted by Crippen LogP contribution is 2.16. The molecule has 0 unspecified atom stereocenters. The number of benzene rings is 1. The van der Waals surface area contributed by atoms with Crippen molar-refractivity contribution in [3.63, 3.8) is 0 Å². The number of aryl methyl sites for hydroxylation is 1. The topological polar surface area (TPSA) is 22.1 Å². The Hall–Kier alpha value is -1.83. The van der Waals surface area contributed by atoms with Gasteiger partial charge in [-0.25, -0.2) is 0 Å². The molecule has 0 atom stereocenters. The molecule has 2 nitrogen and oxygen atoms in total. The minimum absolute atomic E-state index is 0.703. The second-order valence-corrected chi connectivity index (χ2v) is 3.72. The van der Waals surface area contributed by atoms with Gasteiger partial charge in [0.05, 0.1) is 6.61 Å². The first-order valence-corrected chi connectivity index (χ1v) is 5.43. The van der Waals surface area contributed by atoms with E-state index in [0.717, 1.165) is 12.2 Å². The molecule has 0 bridgehead atoms. The summed E-state index contributed by atoms with van der Waals surface area (Å²) >= 11 is 0. The van der Waals surface area contributed by atoms with E-state index in [1.54, 1.807) is 0 Å². The molecule has 0 aliphatic heterocycles. The molecule has 0 radical (unpaired) electrons. The molecule has 0 aliphatic carbocycles. The lowest BCUT2D eigenvalue weighted by molar-refractivity contribution is 0.320. The summed E-state index contributed by atoms with van der Waals surface area (Å²) in [6.07, 6.45) is 4.53. The van der Waals surface area contributed by atoms with Crippen molar-refractivity contribution in [2.24, 2.45) is 0 Å². The monoisotopic (exact) mass is 213 g/mol. The average Bonchev–Trinajstić information content (AvgIpc) is 2.33. The first-order valence-electron chi connectivity index (χ1n) is 5.43. The van der Waals surface area contributed by atoms with Gasteiger partial charge in [0, 0.05) is 18.8 Å². The van der Waals surface area contributed by atoms with Crippen LogP contribution in [-0.2, 0) is 6.42 Å². The molecule has 0 fully saturated rings. The van der Waals surface area contributed by atoms with E-state index in [1.165, 1.54) is 11.1 Å². The molecular formula is C14H15NO. The van der Waals surface area contributed by atoms with Crippen LogP contribution >= 0.6 is 0 Å². The van der Waals surface area contributed by atoms with Crippen LogP contribution in [-0.4, -0.2) is 11.6 Å². The molecule has 1 aromatic heterocycles. The highest BCUT2D eigenvalue weighted by atomic mass is 16.5. The third-order valence-electron chi connectivity index (χ3n) is 2.49. The van der Waals surface area contributed by atoms with Crippen molar-refractivity contribution in [3.05, 3.63) is 59.9 Å². The molecule has 0 spiro atoms. The Morgan fingerprint density at radius 3 is 2.56 bits per heavy atom. The number of pyridine rings is 1. The third-order valence-corrected chi connectivity index (χ3v) is 2.49. The Labute approximate surface area is 95.9 Å². The highest BCUT2D eigenvalue weighted by Gasteiger charge is 1.97. The van der Waals surface area contributed by atoms with Gasteiger partial charge in [-0.1, -0.05) is 18.2 Å². The summed E-state index contributed by atoms with van der Waals surface area (Å²) < 4.78 is 5.72. The summed E-state index contributed by atoms with van der Waals surface area (Å²) in [6, 6.07) is 12.1. The summed E-state index contributed by atoms with van der Waals surface area (Å²) in [5.74, 6) is 0.969. The lowest BCUT2D eigenvalue weighted by Crippen LogP contribution is -2.02. The van der Waals surface area contributed by atoms with Gasteiger partial charge < -0.3 is 4.74 Å². The van der Waals surface area contributed by atoms with Gasteiger partial charge in [0.25, 0.3) is 0 Å². The van der Waals surface area contributed by atoms with E-state index in [2.05, 4.69) is 18.0 Å². The second kappa shape index (κ2) is 5.31. The standard InChI is InChI=1S/C14H15NO/c1-12-4-2-3-5-14(12)16-11-8-13-6-9-15-10-7-13/h2-7,9-10H,8,11H2,1H3. The predicted molar refractivity (Wildman–Crippen MR) is 64.6 cm³/mol. The van der Waals surface area contributed by atoms with Crippen LogP contribution in [0.3, 0.4) is 0 Å². The third kappa shape index (κ3) is 2.83. The molecule has 1 aromatic carbocycles. The lowest BCUT2D eigenvalue weighted by Gasteiger charge is -2.08. The summed E-state index contributed by atoms with van der Waals surface area (Å²) in [4.78, 5) is 3.98. The van der Waals surface area contributed by atoms with Crippen LogP contribution in [0.2, 0.25) is 0 Å². The normalized spacial score (nSPS) is 10.1. The van der Waals surface area contributed by atoms with Gasteiger partial charge in [-0.2, -0.15) is 0 Å². The molecule has 2 heteroatoms.